The Morgan fingerprint density at radius 3 is 2.22 bits per heavy atom. The summed E-state index contributed by atoms with van der Waals surface area (Å²) >= 11 is 0. The van der Waals surface area contributed by atoms with Crippen LogP contribution in [0.5, 0.6) is 5.75 Å². The van der Waals surface area contributed by atoms with Crippen LogP contribution >= 0.6 is 0 Å². The molecule has 1 N–H and O–H groups in total. The molecular formula is C37H37N3O. The fraction of sp³-hybridized carbons (Fsp3) is 0.243. The zero-order valence-electron chi connectivity index (χ0n) is 24.9. The lowest BCUT2D eigenvalue weighted by Crippen LogP contribution is -2.17. The van der Waals surface area contributed by atoms with Gasteiger partial charge in [-0.3, -0.25) is 9.55 Å². The normalized spacial score (nSPS) is 12.4. The Bertz CT molecular complexity index is 1930. The predicted octanol–water partition coefficient (Wildman–Crippen LogP) is 9.52. The summed E-state index contributed by atoms with van der Waals surface area (Å²) < 4.78 is 2.22. The Kier molecular flexibility index (Phi) is 6.26. The molecule has 3 aromatic heterocycles. The summed E-state index contributed by atoms with van der Waals surface area (Å²) in [5.74, 6) is 0.299. The number of nitrogens with zero attached hydrogens (tertiary/aromatic N) is 3. The van der Waals surface area contributed by atoms with E-state index in [-0.39, 0.29) is 10.8 Å². The summed E-state index contributed by atoms with van der Waals surface area (Å²) in [5.41, 5.74) is 9.47. The minimum absolute atomic E-state index is 0.0777. The van der Waals surface area contributed by atoms with E-state index in [9.17, 15) is 5.11 Å². The number of phenolic OH excluding ortho intramolecular Hbond substituents is 1. The second-order valence-corrected chi connectivity index (χ2v) is 13.1. The van der Waals surface area contributed by atoms with E-state index in [0.717, 1.165) is 55.7 Å². The van der Waals surface area contributed by atoms with Crippen LogP contribution in [0.4, 0.5) is 0 Å². The van der Waals surface area contributed by atoms with Gasteiger partial charge in [-0.2, -0.15) is 0 Å². The number of aromatic nitrogens is 3. The van der Waals surface area contributed by atoms with E-state index in [2.05, 4.69) is 131 Å². The van der Waals surface area contributed by atoms with Crippen LogP contribution in [0.1, 0.15) is 58.2 Å². The van der Waals surface area contributed by atoms with Crippen molar-refractivity contribution in [2.75, 3.05) is 0 Å². The second kappa shape index (κ2) is 9.59. The first kappa shape index (κ1) is 26.8. The first-order valence-corrected chi connectivity index (χ1v) is 14.2. The van der Waals surface area contributed by atoms with Gasteiger partial charge in [-0.15, -0.1) is 0 Å². The number of para-hydroxylation sites is 1. The Balaban J connectivity index is 1.62. The number of aromatic hydroxyl groups is 1. The molecule has 3 aromatic carbocycles. The van der Waals surface area contributed by atoms with Crippen molar-refractivity contribution in [2.24, 2.45) is 0 Å². The molecule has 0 aliphatic heterocycles. The first-order chi connectivity index (χ1) is 19.4. The maximum absolute atomic E-state index is 11.6. The molecule has 0 spiro atoms. The lowest BCUT2D eigenvalue weighted by Gasteiger charge is -2.27. The molecule has 0 atom stereocenters. The van der Waals surface area contributed by atoms with Gasteiger partial charge < -0.3 is 5.11 Å². The average molecular weight is 540 g/mol. The molecule has 41 heavy (non-hydrogen) atoms. The minimum Gasteiger partial charge on any atom is -0.507 e. The van der Waals surface area contributed by atoms with Crippen molar-refractivity contribution in [1.82, 2.24) is 14.5 Å². The van der Waals surface area contributed by atoms with Crippen molar-refractivity contribution < 1.29 is 5.11 Å². The largest absolute Gasteiger partial charge is 0.507 e. The third-order valence-electron chi connectivity index (χ3n) is 7.90. The zero-order valence-corrected chi connectivity index (χ0v) is 24.9. The van der Waals surface area contributed by atoms with Gasteiger partial charge in [0.15, 0.2) is 0 Å². The zero-order chi connectivity index (χ0) is 29.1. The van der Waals surface area contributed by atoms with Gasteiger partial charge >= 0.3 is 0 Å². The van der Waals surface area contributed by atoms with Crippen molar-refractivity contribution >= 4 is 21.9 Å². The number of phenols is 1. The van der Waals surface area contributed by atoms with E-state index in [1.165, 1.54) is 11.1 Å². The van der Waals surface area contributed by atoms with Gasteiger partial charge in [-0.1, -0.05) is 77.9 Å². The smallest absolute Gasteiger partial charge is 0.146 e. The molecule has 0 fully saturated rings. The Labute approximate surface area is 242 Å². The molecule has 0 radical (unpaired) electrons. The number of benzene rings is 3. The molecule has 0 bridgehead atoms. The highest BCUT2D eigenvalue weighted by Crippen LogP contribution is 2.42. The number of aryl methyl sites for hydroxylation is 1. The number of pyridine rings is 2. The highest BCUT2D eigenvalue weighted by molar-refractivity contribution is 6.08. The summed E-state index contributed by atoms with van der Waals surface area (Å²) in [6, 6.07) is 29.5. The topological polar surface area (TPSA) is 50.9 Å². The number of hydrogen-bond donors (Lipinski definition) is 1. The van der Waals surface area contributed by atoms with Crippen LogP contribution in [0, 0.1) is 6.92 Å². The molecule has 4 nitrogen and oxygen atoms in total. The Hall–Kier alpha value is -4.44. The monoisotopic (exact) mass is 539 g/mol. The predicted molar refractivity (Wildman–Crippen MR) is 171 cm³/mol. The van der Waals surface area contributed by atoms with Crippen LogP contribution in [-0.4, -0.2) is 19.6 Å². The summed E-state index contributed by atoms with van der Waals surface area (Å²) in [5, 5.41) is 13.8. The van der Waals surface area contributed by atoms with Gasteiger partial charge in [-0.05, 0) is 77.4 Å². The van der Waals surface area contributed by atoms with Gasteiger partial charge in [0.2, 0.25) is 0 Å². The van der Waals surface area contributed by atoms with Crippen LogP contribution in [0.25, 0.3) is 50.1 Å². The highest BCUT2D eigenvalue weighted by atomic mass is 16.3. The third kappa shape index (κ3) is 4.78. The maximum Gasteiger partial charge on any atom is 0.146 e. The van der Waals surface area contributed by atoms with E-state index in [0.29, 0.717) is 5.75 Å². The highest BCUT2D eigenvalue weighted by Gasteiger charge is 2.26. The van der Waals surface area contributed by atoms with Gasteiger partial charge in [0.1, 0.15) is 11.4 Å². The summed E-state index contributed by atoms with van der Waals surface area (Å²) in [6.07, 6.45) is 1.86. The second-order valence-electron chi connectivity index (χ2n) is 13.1. The molecule has 6 aromatic rings. The lowest BCUT2D eigenvalue weighted by atomic mass is 9.78. The number of rotatable bonds is 3. The quantitative estimate of drug-likeness (QED) is 0.244. The van der Waals surface area contributed by atoms with E-state index in [1.807, 2.05) is 18.3 Å². The summed E-state index contributed by atoms with van der Waals surface area (Å²) in [4.78, 5) is 9.89. The van der Waals surface area contributed by atoms with E-state index in [4.69, 9.17) is 4.98 Å². The summed E-state index contributed by atoms with van der Waals surface area (Å²) in [6.45, 7) is 15.1. The summed E-state index contributed by atoms with van der Waals surface area (Å²) in [7, 11) is 0. The minimum atomic E-state index is -0.219. The molecule has 3 heterocycles. The molecule has 0 saturated carbocycles. The number of fused-ring (bicyclic) bond motifs is 3. The van der Waals surface area contributed by atoms with E-state index >= 15 is 0 Å². The number of hydrogen-bond acceptors (Lipinski definition) is 3. The molecule has 206 valence electrons. The van der Waals surface area contributed by atoms with E-state index in [1.54, 1.807) is 0 Å². The first-order valence-electron chi connectivity index (χ1n) is 14.2. The van der Waals surface area contributed by atoms with Crippen molar-refractivity contribution in [2.45, 2.75) is 59.3 Å². The van der Waals surface area contributed by atoms with Crippen molar-refractivity contribution in [3.05, 3.63) is 108 Å². The third-order valence-corrected chi connectivity index (χ3v) is 7.90. The lowest BCUT2D eigenvalue weighted by molar-refractivity contribution is 0.446. The van der Waals surface area contributed by atoms with Crippen molar-refractivity contribution in [3.8, 4) is 34.0 Å². The molecule has 0 saturated heterocycles. The molecule has 0 unspecified atom stereocenters. The van der Waals surface area contributed by atoms with Gasteiger partial charge in [0.05, 0.1) is 16.9 Å². The molecule has 4 heteroatoms. The van der Waals surface area contributed by atoms with Gasteiger partial charge in [0, 0.05) is 39.3 Å². The van der Waals surface area contributed by atoms with Crippen LogP contribution < -0.4 is 0 Å². The SMILES string of the molecule is Cc1ccnc(-c2cccc(-n3c4ccccc4c4ccc(-c5cc(C(C)(C)C)cc(C(C)(C)C)c5O)nc43)c2)c1. The van der Waals surface area contributed by atoms with Crippen molar-refractivity contribution in [3.63, 3.8) is 0 Å². The molecule has 0 aliphatic carbocycles. The van der Waals surface area contributed by atoms with Gasteiger partial charge in [-0.25, -0.2) is 4.98 Å². The van der Waals surface area contributed by atoms with Crippen LogP contribution in [0.3, 0.4) is 0 Å². The molecule has 0 aliphatic rings. The standard InChI is InChI=1S/C37H37N3O/c1-23-17-18-38-32(19-23)24-11-10-12-26(20-24)40-33-14-9-8-13-27(33)28-15-16-31(39-35(28)40)29-21-25(36(2,3)4)22-30(34(29)41)37(5,6)7/h8-22,41H,1-7H3. The van der Waals surface area contributed by atoms with Crippen molar-refractivity contribution in [1.29, 1.82) is 0 Å². The van der Waals surface area contributed by atoms with Crippen LogP contribution in [-0.2, 0) is 10.8 Å². The maximum atomic E-state index is 11.6. The Morgan fingerprint density at radius 2 is 1.49 bits per heavy atom. The molecule has 0 amide bonds. The van der Waals surface area contributed by atoms with E-state index < -0.39 is 0 Å². The average Bonchev–Trinajstić information content (AvgIpc) is 3.25. The van der Waals surface area contributed by atoms with Crippen LogP contribution in [0.15, 0.2) is 91.1 Å². The fourth-order valence-electron chi connectivity index (χ4n) is 5.58. The molecular weight excluding hydrogens is 502 g/mol. The fourth-order valence-corrected chi connectivity index (χ4v) is 5.58. The Morgan fingerprint density at radius 1 is 0.707 bits per heavy atom. The van der Waals surface area contributed by atoms with Crippen LogP contribution in [0.2, 0.25) is 0 Å². The van der Waals surface area contributed by atoms with Gasteiger partial charge in [0.25, 0.3) is 0 Å². The molecule has 6 rings (SSSR count).